The van der Waals surface area contributed by atoms with Crippen LogP contribution >= 0.6 is 0 Å². The molecule has 6 heteroatoms. The third kappa shape index (κ3) is 4.55. The minimum atomic E-state index is -0.538. The normalized spacial score (nSPS) is 15.7. The Morgan fingerprint density at radius 2 is 1.76 bits per heavy atom. The number of nitrogens with zero attached hydrogens (tertiary/aromatic N) is 2. The number of rotatable bonds is 6. The van der Waals surface area contributed by atoms with E-state index in [0.717, 1.165) is 27.9 Å². The van der Waals surface area contributed by atoms with Crippen LogP contribution in [-0.4, -0.2) is 18.2 Å². The van der Waals surface area contributed by atoms with Crippen molar-refractivity contribution in [1.82, 2.24) is 0 Å². The minimum absolute atomic E-state index is 0.0330. The fraction of sp³-hybridized carbons (Fsp3) is 0.312. The summed E-state index contributed by atoms with van der Waals surface area (Å²) in [6, 6.07) is 24.0. The van der Waals surface area contributed by atoms with Gasteiger partial charge in [-0.15, -0.1) is 0 Å². The molecule has 5 rings (SSSR count). The summed E-state index contributed by atoms with van der Waals surface area (Å²) in [6.07, 6.45) is 1.32. The maximum atomic E-state index is 13.6. The first-order chi connectivity index (χ1) is 18.4. The van der Waals surface area contributed by atoms with Gasteiger partial charge < -0.3 is 19.7 Å². The summed E-state index contributed by atoms with van der Waals surface area (Å²) in [5.41, 5.74) is 5.15. The highest BCUT2D eigenvalue weighted by molar-refractivity contribution is 5.84. The molecule has 1 aromatic heterocycles. The molecule has 3 aromatic carbocycles. The molecule has 1 saturated heterocycles. The van der Waals surface area contributed by atoms with Gasteiger partial charge in [-0.25, -0.2) is 0 Å². The van der Waals surface area contributed by atoms with Gasteiger partial charge in [-0.2, -0.15) is 5.26 Å². The van der Waals surface area contributed by atoms with E-state index in [1.165, 1.54) is 0 Å². The van der Waals surface area contributed by atoms with E-state index in [2.05, 4.69) is 22.4 Å². The van der Waals surface area contributed by atoms with Crippen LogP contribution in [0.2, 0.25) is 0 Å². The van der Waals surface area contributed by atoms with Gasteiger partial charge in [0.05, 0.1) is 35.1 Å². The van der Waals surface area contributed by atoms with E-state index in [4.69, 9.17) is 4.42 Å². The van der Waals surface area contributed by atoms with Crippen LogP contribution in [0.3, 0.4) is 0 Å². The lowest BCUT2D eigenvalue weighted by atomic mass is 9.74. The van der Waals surface area contributed by atoms with Gasteiger partial charge >= 0.3 is 0 Å². The number of piperidine rings is 1. The Morgan fingerprint density at radius 3 is 2.45 bits per heavy atom. The molecule has 4 aromatic rings. The minimum Gasteiger partial charge on any atom is -0.440 e. The van der Waals surface area contributed by atoms with E-state index in [1.54, 1.807) is 0 Å². The van der Waals surface area contributed by atoms with Gasteiger partial charge in [-0.3, -0.25) is 4.79 Å². The molecule has 0 aliphatic carbocycles. The molecule has 0 radical (unpaired) electrons. The Labute approximate surface area is 223 Å². The number of hydrogen-bond donors (Lipinski definition) is 2. The number of aliphatic hydroxyl groups is 1. The van der Waals surface area contributed by atoms with E-state index in [1.807, 2.05) is 81.4 Å². The lowest BCUT2D eigenvalue weighted by molar-refractivity contribution is 0.282. The van der Waals surface area contributed by atoms with E-state index in [9.17, 15) is 15.2 Å². The van der Waals surface area contributed by atoms with Crippen molar-refractivity contribution >= 4 is 22.5 Å². The average Bonchev–Trinajstić information content (AvgIpc) is 2.95. The van der Waals surface area contributed by atoms with Crippen LogP contribution in [0.25, 0.3) is 11.0 Å². The SMILES string of the molecule is Cc1cc([C@@H](C)Nc2ccccc2CO)c2oc(N3CCC(C#N)(c4ccccc4)CC3)c(C)c(=O)c2c1. The van der Waals surface area contributed by atoms with E-state index >= 15 is 0 Å². The van der Waals surface area contributed by atoms with Gasteiger partial charge in [0.1, 0.15) is 5.58 Å². The first-order valence-electron chi connectivity index (χ1n) is 13.1. The Hall–Kier alpha value is -4.08. The third-order valence-electron chi connectivity index (χ3n) is 7.84. The molecule has 0 saturated carbocycles. The molecular weight excluding hydrogens is 474 g/mol. The Kier molecular flexibility index (Phi) is 6.96. The van der Waals surface area contributed by atoms with Crippen molar-refractivity contribution in [2.24, 2.45) is 0 Å². The molecule has 38 heavy (non-hydrogen) atoms. The summed E-state index contributed by atoms with van der Waals surface area (Å²) < 4.78 is 6.58. The van der Waals surface area contributed by atoms with Gasteiger partial charge in [0.2, 0.25) is 5.88 Å². The number of aliphatic hydroxyl groups excluding tert-OH is 1. The Morgan fingerprint density at radius 1 is 1.08 bits per heavy atom. The zero-order valence-corrected chi connectivity index (χ0v) is 22.1. The van der Waals surface area contributed by atoms with Crippen molar-refractivity contribution in [3.63, 3.8) is 0 Å². The monoisotopic (exact) mass is 507 g/mol. The van der Waals surface area contributed by atoms with Crippen LogP contribution < -0.4 is 15.6 Å². The van der Waals surface area contributed by atoms with Gasteiger partial charge in [0, 0.05) is 29.9 Å². The second kappa shape index (κ2) is 10.4. The topological polar surface area (TPSA) is 89.5 Å². The number of aryl methyl sites for hydroxylation is 1. The number of nitriles is 1. The number of anilines is 2. The molecule has 0 unspecified atom stereocenters. The number of fused-ring (bicyclic) bond motifs is 1. The van der Waals surface area contributed by atoms with Crippen LogP contribution in [0.4, 0.5) is 11.6 Å². The fourth-order valence-electron chi connectivity index (χ4n) is 5.60. The van der Waals surface area contributed by atoms with Crippen LogP contribution in [0, 0.1) is 25.2 Å². The summed E-state index contributed by atoms with van der Waals surface area (Å²) in [4.78, 5) is 15.7. The molecule has 1 aliphatic rings. The third-order valence-corrected chi connectivity index (χ3v) is 7.84. The van der Waals surface area contributed by atoms with Crippen molar-refractivity contribution < 1.29 is 9.52 Å². The number of para-hydroxylation sites is 1. The molecule has 1 aliphatic heterocycles. The standard InChI is InChI=1S/C32H33N3O3/c1-21-17-26(23(3)34-28-12-8-7-9-24(28)19-36)30-27(18-21)29(37)22(2)31(38-30)35-15-13-32(20-33,14-16-35)25-10-5-4-6-11-25/h4-12,17-18,23,34,36H,13-16,19H2,1-3H3/t23-/m1/s1. The Bertz CT molecular complexity index is 1560. The maximum absolute atomic E-state index is 13.6. The van der Waals surface area contributed by atoms with Crippen LogP contribution in [0.15, 0.2) is 75.9 Å². The van der Waals surface area contributed by atoms with E-state index in [-0.39, 0.29) is 18.1 Å². The first-order valence-corrected chi connectivity index (χ1v) is 13.1. The molecule has 2 heterocycles. The number of nitrogens with one attached hydrogen (secondary N) is 1. The molecule has 194 valence electrons. The zero-order valence-electron chi connectivity index (χ0n) is 22.1. The summed E-state index contributed by atoms with van der Waals surface area (Å²) in [5, 5.41) is 23.9. The van der Waals surface area contributed by atoms with Crippen molar-refractivity contribution in [1.29, 1.82) is 5.26 Å². The summed E-state index contributed by atoms with van der Waals surface area (Å²) >= 11 is 0. The van der Waals surface area contributed by atoms with Crippen molar-refractivity contribution in [3.05, 3.63) is 105 Å². The maximum Gasteiger partial charge on any atom is 0.202 e. The quantitative estimate of drug-likeness (QED) is 0.326. The molecule has 0 amide bonds. The smallest absolute Gasteiger partial charge is 0.202 e. The molecule has 2 N–H and O–H groups in total. The van der Waals surface area contributed by atoms with Crippen LogP contribution in [-0.2, 0) is 12.0 Å². The highest BCUT2D eigenvalue weighted by Crippen LogP contribution is 2.38. The van der Waals surface area contributed by atoms with Gasteiger partial charge in [0.25, 0.3) is 0 Å². The molecular formula is C32H33N3O3. The second-order valence-electron chi connectivity index (χ2n) is 10.3. The summed E-state index contributed by atoms with van der Waals surface area (Å²) in [5.74, 6) is 0.579. The average molecular weight is 508 g/mol. The highest BCUT2D eigenvalue weighted by Gasteiger charge is 2.37. The number of benzene rings is 3. The van der Waals surface area contributed by atoms with Crippen molar-refractivity contribution in [2.45, 2.75) is 51.7 Å². The van der Waals surface area contributed by atoms with Gasteiger partial charge in [-0.05, 0) is 56.9 Å². The van der Waals surface area contributed by atoms with Crippen LogP contribution in [0.5, 0.6) is 0 Å². The highest BCUT2D eigenvalue weighted by atomic mass is 16.4. The second-order valence-corrected chi connectivity index (χ2v) is 10.3. The van der Waals surface area contributed by atoms with Crippen molar-refractivity contribution in [3.8, 4) is 6.07 Å². The summed E-state index contributed by atoms with van der Waals surface area (Å²) in [7, 11) is 0. The van der Waals surface area contributed by atoms with Gasteiger partial charge in [-0.1, -0.05) is 54.6 Å². The predicted molar refractivity (Wildman–Crippen MR) is 152 cm³/mol. The number of hydrogen-bond acceptors (Lipinski definition) is 6. The Balaban J connectivity index is 1.52. The summed E-state index contributed by atoms with van der Waals surface area (Å²) in [6.45, 7) is 7.02. The van der Waals surface area contributed by atoms with E-state index in [0.29, 0.717) is 48.3 Å². The van der Waals surface area contributed by atoms with Crippen molar-refractivity contribution in [2.75, 3.05) is 23.3 Å². The molecule has 0 spiro atoms. The molecule has 6 nitrogen and oxygen atoms in total. The van der Waals surface area contributed by atoms with Crippen LogP contribution in [0.1, 0.15) is 53.6 Å². The lowest BCUT2D eigenvalue weighted by Crippen LogP contribution is -2.42. The zero-order chi connectivity index (χ0) is 26.9. The molecule has 0 bridgehead atoms. The predicted octanol–water partition coefficient (Wildman–Crippen LogP) is 6.14. The van der Waals surface area contributed by atoms with Gasteiger partial charge in [0.15, 0.2) is 5.43 Å². The molecule has 1 atom stereocenters. The largest absolute Gasteiger partial charge is 0.440 e. The lowest BCUT2D eigenvalue weighted by Gasteiger charge is -2.38. The first kappa shape index (κ1) is 25.6. The fourth-order valence-corrected chi connectivity index (χ4v) is 5.60. The molecule has 1 fully saturated rings. The van der Waals surface area contributed by atoms with E-state index < -0.39 is 5.41 Å².